The highest BCUT2D eigenvalue weighted by Crippen LogP contribution is 2.19. The van der Waals surface area contributed by atoms with Crippen molar-refractivity contribution in [1.82, 2.24) is 15.1 Å². The first-order valence-corrected chi connectivity index (χ1v) is 6.45. The molecule has 1 heterocycles. The summed E-state index contributed by atoms with van der Waals surface area (Å²) in [7, 11) is 0. The van der Waals surface area contributed by atoms with Crippen molar-refractivity contribution in [2.75, 3.05) is 13.2 Å². The summed E-state index contributed by atoms with van der Waals surface area (Å²) in [6, 6.07) is 5.90. The number of benzene rings is 1. The molecule has 1 atom stereocenters. The van der Waals surface area contributed by atoms with Gasteiger partial charge >= 0.3 is 0 Å². The molecule has 0 bridgehead atoms. The first-order chi connectivity index (χ1) is 10.0. The van der Waals surface area contributed by atoms with Gasteiger partial charge in [-0.25, -0.2) is 9.07 Å². The lowest BCUT2D eigenvalue weighted by Crippen LogP contribution is -2.30. The van der Waals surface area contributed by atoms with Gasteiger partial charge in [-0.3, -0.25) is 4.79 Å². The van der Waals surface area contributed by atoms with Gasteiger partial charge in [-0.05, 0) is 18.1 Å². The van der Waals surface area contributed by atoms with Crippen molar-refractivity contribution >= 4 is 5.91 Å². The van der Waals surface area contributed by atoms with Crippen molar-refractivity contribution in [2.24, 2.45) is 5.92 Å². The Kier molecular flexibility index (Phi) is 4.54. The second kappa shape index (κ2) is 6.36. The summed E-state index contributed by atoms with van der Waals surface area (Å²) in [5.74, 6) is -1.54. The third-order valence-corrected chi connectivity index (χ3v) is 2.93. The van der Waals surface area contributed by atoms with Crippen LogP contribution < -0.4 is 5.32 Å². The maximum atomic E-state index is 13.6. The molecule has 112 valence electrons. The fourth-order valence-corrected chi connectivity index (χ4v) is 1.70. The Morgan fingerprint density at radius 2 is 2.19 bits per heavy atom. The Morgan fingerprint density at radius 3 is 2.86 bits per heavy atom. The third kappa shape index (κ3) is 3.38. The molecule has 0 saturated heterocycles. The first-order valence-electron chi connectivity index (χ1n) is 6.45. The Balaban J connectivity index is 2.20. The van der Waals surface area contributed by atoms with Crippen LogP contribution in [0.15, 0.2) is 30.5 Å². The van der Waals surface area contributed by atoms with E-state index in [2.05, 4.69) is 10.4 Å². The van der Waals surface area contributed by atoms with Crippen molar-refractivity contribution < 1.29 is 19.4 Å². The summed E-state index contributed by atoms with van der Waals surface area (Å²) in [6.07, 6.45) is 1.17. The fraction of sp³-hybridized carbons (Fsp3) is 0.286. The number of carbonyl (C=O) groups excluding carboxylic acids is 1. The Hall–Kier alpha value is -2.41. The number of aliphatic hydroxyl groups excluding tert-OH is 1. The van der Waals surface area contributed by atoms with Crippen LogP contribution >= 0.6 is 0 Å². The van der Waals surface area contributed by atoms with Crippen LogP contribution in [0, 0.1) is 11.7 Å². The third-order valence-electron chi connectivity index (χ3n) is 2.93. The van der Waals surface area contributed by atoms with Crippen molar-refractivity contribution in [3.05, 3.63) is 42.0 Å². The number of hydrogen-bond donors (Lipinski definition) is 3. The Labute approximate surface area is 120 Å². The zero-order valence-electron chi connectivity index (χ0n) is 11.5. The molecule has 1 aromatic heterocycles. The van der Waals surface area contributed by atoms with E-state index in [4.69, 9.17) is 5.11 Å². The normalized spacial score (nSPS) is 12.1. The number of para-hydroxylation sites is 1. The molecule has 0 aliphatic carbocycles. The number of amides is 1. The van der Waals surface area contributed by atoms with Gasteiger partial charge in [0.15, 0.2) is 11.4 Å². The van der Waals surface area contributed by atoms with Crippen LogP contribution in [0.2, 0.25) is 0 Å². The highest BCUT2D eigenvalue weighted by atomic mass is 19.1. The highest BCUT2D eigenvalue weighted by molar-refractivity contribution is 5.94. The van der Waals surface area contributed by atoms with Gasteiger partial charge in [-0.1, -0.05) is 19.1 Å². The molecular formula is C14H16FN3O3. The molecular weight excluding hydrogens is 277 g/mol. The monoisotopic (exact) mass is 293 g/mol. The van der Waals surface area contributed by atoms with E-state index in [9.17, 15) is 14.3 Å². The van der Waals surface area contributed by atoms with E-state index in [1.54, 1.807) is 13.0 Å². The number of aromatic nitrogens is 2. The highest BCUT2D eigenvalue weighted by Gasteiger charge is 2.18. The van der Waals surface area contributed by atoms with Crippen LogP contribution in [0.5, 0.6) is 5.75 Å². The lowest BCUT2D eigenvalue weighted by atomic mass is 10.2. The van der Waals surface area contributed by atoms with Crippen LogP contribution in [0.1, 0.15) is 17.4 Å². The summed E-state index contributed by atoms with van der Waals surface area (Å²) < 4.78 is 14.8. The topological polar surface area (TPSA) is 87.4 Å². The zero-order valence-corrected chi connectivity index (χ0v) is 11.5. The first kappa shape index (κ1) is 15.0. The van der Waals surface area contributed by atoms with Crippen LogP contribution in [-0.2, 0) is 0 Å². The fourth-order valence-electron chi connectivity index (χ4n) is 1.70. The Morgan fingerprint density at radius 1 is 1.48 bits per heavy atom. The quantitative estimate of drug-likeness (QED) is 0.769. The summed E-state index contributed by atoms with van der Waals surface area (Å²) in [5, 5.41) is 25.1. The molecule has 7 heteroatoms. The minimum Gasteiger partial charge on any atom is -0.504 e. The number of aromatic hydroxyl groups is 1. The van der Waals surface area contributed by atoms with Crippen LogP contribution in [0.4, 0.5) is 4.39 Å². The van der Waals surface area contributed by atoms with Crippen LogP contribution in [0.25, 0.3) is 5.69 Å². The molecule has 21 heavy (non-hydrogen) atoms. The SMILES string of the molecule is CC(CO)CNC(=O)c1nn(-c2ccccc2F)cc1O. The van der Waals surface area contributed by atoms with E-state index in [1.165, 1.54) is 24.4 Å². The van der Waals surface area contributed by atoms with E-state index in [0.717, 1.165) is 4.68 Å². The minimum absolute atomic E-state index is 0.0596. The summed E-state index contributed by atoms with van der Waals surface area (Å²) in [4.78, 5) is 11.9. The van der Waals surface area contributed by atoms with Crippen molar-refractivity contribution in [1.29, 1.82) is 0 Å². The van der Waals surface area contributed by atoms with Crippen molar-refractivity contribution in [3.8, 4) is 11.4 Å². The maximum absolute atomic E-state index is 13.6. The summed E-state index contributed by atoms with van der Waals surface area (Å²) in [5.41, 5.74) is -0.0565. The predicted molar refractivity (Wildman–Crippen MR) is 73.8 cm³/mol. The standard InChI is InChI=1S/C14H16FN3O3/c1-9(8-19)6-16-14(21)13-12(20)7-18(17-13)11-5-3-2-4-10(11)15/h2-5,7,9,19-20H,6,8H2,1H3,(H,16,21). The van der Waals surface area contributed by atoms with E-state index in [0.29, 0.717) is 0 Å². The number of halogens is 1. The van der Waals surface area contributed by atoms with Gasteiger partial charge in [-0.2, -0.15) is 5.10 Å². The van der Waals surface area contributed by atoms with Gasteiger partial charge in [0.05, 0.1) is 6.20 Å². The molecule has 0 aliphatic rings. The van der Waals surface area contributed by atoms with Gasteiger partial charge in [0.1, 0.15) is 11.5 Å². The molecule has 0 aliphatic heterocycles. The van der Waals surface area contributed by atoms with E-state index in [1.807, 2.05) is 0 Å². The average molecular weight is 293 g/mol. The van der Waals surface area contributed by atoms with E-state index in [-0.39, 0.29) is 36.2 Å². The molecule has 3 N–H and O–H groups in total. The average Bonchev–Trinajstić information content (AvgIpc) is 2.86. The second-order valence-corrected chi connectivity index (χ2v) is 4.76. The molecule has 0 saturated carbocycles. The van der Waals surface area contributed by atoms with Crippen molar-refractivity contribution in [2.45, 2.75) is 6.92 Å². The molecule has 0 fully saturated rings. The van der Waals surface area contributed by atoms with Gasteiger partial charge in [-0.15, -0.1) is 0 Å². The number of aliphatic hydroxyl groups is 1. The minimum atomic E-state index is -0.581. The molecule has 6 nitrogen and oxygen atoms in total. The van der Waals surface area contributed by atoms with Crippen molar-refractivity contribution in [3.63, 3.8) is 0 Å². The van der Waals surface area contributed by atoms with Crippen LogP contribution in [0.3, 0.4) is 0 Å². The smallest absolute Gasteiger partial charge is 0.275 e. The zero-order chi connectivity index (χ0) is 15.4. The molecule has 1 aromatic carbocycles. The van der Waals surface area contributed by atoms with Gasteiger partial charge in [0, 0.05) is 13.2 Å². The van der Waals surface area contributed by atoms with Gasteiger partial charge in [0.2, 0.25) is 0 Å². The maximum Gasteiger partial charge on any atom is 0.275 e. The number of rotatable bonds is 5. The molecule has 2 aromatic rings. The number of hydrogen-bond acceptors (Lipinski definition) is 4. The summed E-state index contributed by atoms with van der Waals surface area (Å²) >= 11 is 0. The molecule has 1 unspecified atom stereocenters. The van der Waals surface area contributed by atoms with Gasteiger partial charge < -0.3 is 15.5 Å². The molecule has 1 amide bonds. The van der Waals surface area contributed by atoms with E-state index >= 15 is 0 Å². The Bertz CT molecular complexity index is 642. The largest absolute Gasteiger partial charge is 0.504 e. The lowest BCUT2D eigenvalue weighted by Gasteiger charge is -2.08. The number of carbonyl (C=O) groups is 1. The number of nitrogens with one attached hydrogen (secondary N) is 1. The summed E-state index contributed by atoms with van der Waals surface area (Å²) in [6.45, 7) is 1.95. The van der Waals surface area contributed by atoms with Crippen LogP contribution in [-0.4, -0.2) is 39.1 Å². The second-order valence-electron chi connectivity index (χ2n) is 4.76. The van der Waals surface area contributed by atoms with E-state index < -0.39 is 11.7 Å². The molecule has 0 radical (unpaired) electrons. The molecule has 0 spiro atoms. The number of nitrogens with zero attached hydrogens (tertiary/aromatic N) is 2. The molecule has 2 rings (SSSR count). The lowest BCUT2D eigenvalue weighted by molar-refractivity contribution is 0.0934. The predicted octanol–water partition coefficient (Wildman–Crippen LogP) is 1.08. The van der Waals surface area contributed by atoms with Gasteiger partial charge in [0.25, 0.3) is 5.91 Å².